The van der Waals surface area contributed by atoms with E-state index in [4.69, 9.17) is 14.2 Å². The summed E-state index contributed by atoms with van der Waals surface area (Å²) in [4.78, 5) is 25.6. The molecule has 7 heteroatoms. The second kappa shape index (κ2) is 6.76. The van der Waals surface area contributed by atoms with E-state index in [0.717, 1.165) is 16.2 Å². The highest BCUT2D eigenvalue weighted by atomic mass is 32.1. The molecule has 1 amide bonds. The molecular formula is C18H19NO5S. The maximum atomic E-state index is 12.4. The minimum Gasteiger partial charge on any atom is -0.486 e. The van der Waals surface area contributed by atoms with Crippen molar-refractivity contribution >= 4 is 23.2 Å². The first kappa shape index (κ1) is 17.3. The highest BCUT2D eigenvalue weighted by Gasteiger charge is 2.31. The number of fused-ring (bicyclic) bond motifs is 1. The summed E-state index contributed by atoms with van der Waals surface area (Å²) in [6.07, 6.45) is 0. The van der Waals surface area contributed by atoms with E-state index >= 15 is 0 Å². The van der Waals surface area contributed by atoms with Crippen molar-refractivity contribution in [2.75, 3.05) is 20.3 Å². The second-order valence-electron chi connectivity index (χ2n) is 6.09. The lowest BCUT2D eigenvalue weighted by atomic mass is 10.1. The molecule has 6 nitrogen and oxygen atoms in total. The third-order valence-electron chi connectivity index (χ3n) is 3.78. The molecule has 25 heavy (non-hydrogen) atoms. The standard InChI is InChI=1S/C18H19NO5S/c1-18(2,17(21)22-3)19-16(20)15-7-6-14(25-15)11-4-5-12-13(10-11)24-9-8-23-12/h4-7,10H,8-9H2,1-3H3,(H,19,20). The number of hydrogen-bond acceptors (Lipinski definition) is 6. The van der Waals surface area contributed by atoms with Crippen LogP contribution in [0.2, 0.25) is 0 Å². The zero-order valence-corrected chi connectivity index (χ0v) is 15.1. The molecule has 1 aliphatic heterocycles. The summed E-state index contributed by atoms with van der Waals surface area (Å²) < 4.78 is 15.8. The molecule has 0 spiro atoms. The van der Waals surface area contributed by atoms with Crippen molar-refractivity contribution in [2.45, 2.75) is 19.4 Å². The van der Waals surface area contributed by atoms with Crippen molar-refractivity contribution in [1.82, 2.24) is 5.32 Å². The third-order valence-corrected chi connectivity index (χ3v) is 4.91. The number of hydrogen-bond donors (Lipinski definition) is 1. The first-order valence-corrected chi connectivity index (χ1v) is 8.63. The minimum atomic E-state index is -1.09. The van der Waals surface area contributed by atoms with Crippen LogP contribution in [0.1, 0.15) is 23.5 Å². The number of esters is 1. The van der Waals surface area contributed by atoms with Gasteiger partial charge in [-0.05, 0) is 49.7 Å². The molecule has 1 N–H and O–H groups in total. The van der Waals surface area contributed by atoms with Gasteiger partial charge in [-0.3, -0.25) is 4.79 Å². The zero-order valence-electron chi connectivity index (χ0n) is 14.3. The number of carbonyl (C=O) groups is 2. The average Bonchev–Trinajstić information content (AvgIpc) is 3.10. The maximum absolute atomic E-state index is 12.4. The molecule has 1 aliphatic rings. The van der Waals surface area contributed by atoms with Crippen LogP contribution < -0.4 is 14.8 Å². The van der Waals surface area contributed by atoms with Gasteiger partial charge in [0.2, 0.25) is 0 Å². The molecule has 0 fully saturated rings. The van der Waals surface area contributed by atoms with Gasteiger partial charge in [0.05, 0.1) is 12.0 Å². The summed E-state index contributed by atoms with van der Waals surface area (Å²) >= 11 is 1.34. The quantitative estimate of drug-likeness (QED) is 0.848. The van der Waals surface area contributed by atoms with Crippen LogP contribution >= 0.6 is 11.3 Å². The normalized spacial score (nSPS) is 13.2. The highest BCUT2D eigenvalue weighted by molar-refractivity contribution is 7.17. The van der Waals surface area contributed by atoms with E-state index in [-0.39, 0.29) is 5.91 Å². The van der Waals surface area contributed by atoms with E-state index in [1.165, 1.54) is 18.4 Å². The number of nitrogens with one attached hydrogen (secondary N) is 1. The number of benzene rings is 1. The Hall–Kier alpha value is -2.54. The summed E-state index contributed by atoms with van der Waals surface area (Å²) in [6, 6.07) is 9.30. The Morgan fingerprint density at radius 1 is 1.12 bits per heavy atom. The first-order chi connectivity index (χ1) is 11.9. The molecule has 0 radical (unpaired) electrons. The van der Waals surface area contributed by atoms with Gasteiger partial charge in [-0.1, -0.05) is 0 Å². The topological polar surface area (TPSA) is 73.9 Å². The molecule has 1 aromatic carbocycles. The molecule has 0 saturated carbocycles. The third kappa shape index (κ3) is 3.61. The van der Waals surface area contributed by atoms with Crippen LogP contribution in [0, 0.1) is 0 Å². The molecule has 0 aliphatic carbocycles. The monoisotopic (exact) mass is 361 g/mol. The zero-order chi connectivity index (χ0) is 18.0. The summed E-state index contributed by atoms with van der Waals surface area (Å²) in [6.45, 7) is 4.28. The predicted octanol–water partition coefficient (Wildman–Crippen LogP) is 2.87. The maximum Gasteiger partial charge on any atom is 0.330 e. The Morgan fingerprint density at radius 3 is 2.56 bits per heavy atom. The Kier molecular flexibility index (Phi) is 4.67. The van der Waals surface area contributed by atoms with E-state index in [0.29, 0.717) is 23.8 Å². The summed E-state index contributed by atoms with van der Waals surface area (Å²) in [5.74, 6) is 0.619. The molecule has 0 unspecified atom stereocenters. The first-order valence-electron chi connectivity index (χ1n) is 7.81. The smallest absolute Gasteiger partial charge is 0.330 e. The molecule has 3 rings (SSSR count). The number of methoxy groups -OCH3 is 1. The number of thiophene rings is 1. The van der Waals surface area contributed by atoms with E-state index in [2.05, 4.69) is 5.32 Å². The Balaban J connectivity index is 1.78. The Bertz CT molecular complexity index is 812. The van der Waals surface area contributed by atoms with Crippen LogP contribution in [0.25, 0.3) is 10.4 Å². The summed E-state index contributed by atoms with van der Waals surface area (Å²) in [5.41, 5.74) is -0.145. The van der Waals surface area contributed by atoms with Crippen molar-refractivity contribution in [2.24, 2.45) is 0 Å². The molecule has 2 aromatic rings. The highest BCUT2D eigenvalue weighted by Crippen LogP contribution is 2.36. The largest absolute Gasteiger partial charge is 0.486 e. The molecule has 0 atom stereocenters. The van der Waals surface area contributed by atoms with Gasteiger partial charge < -0.3 is 19.5 Å². The fourth-order valence-electron chi connectivity index (χ4n) is 2.46. The van der Waals surface area contributed by atoms with Crippen LogP contribution in [-0.2, 0) is 9.53 Å². The fraction of sp³-hybridized carbons (Fsp3) is 0.333. The van der Waals surface area contributed by atoms with Gasteiger partial charge in [-0.25, -0.2) is 4.79 Å². The predicted molar refractivity (Wildman–Crippen MR) is 94.3 cm³/mol. The van der Waals surface area contributed by atoms with Crippen molar-refractivity contribution in [1.29, 1.82) is 0 Å². The molecule has 0 bridgehead atoms. The summed E-state index contributed by atoms with van der Waals surface area (Å²) in [5, 5.41) is 2.69. The van der Waals surface area contributed by atoms with Crippen LogP contribution in [0.5, 0.6) is 11.5 Å². The van der Waals surface area contributed by atoms with Crippen LogP contribution in [0.3, 0.4) is 0 Å². The van der Waals surface area contributed by atoms with Gasteiger partial charge in [0, 0.05) is 4.88 Å². The van der Waals surface area contributed by atoms with E-state index < -0.39 is 11.5 Å². The SMILES string of the molecule is COC(=O)C(C)(C)NC(=O)c1ccc(-c2ccc3c(c2)OCCO3)s1. The van der Waals surface area contributed by atoms with Gasteiger partial charge in [0.25, 0.3) is 5.91 Å². The van der Waals surface area contributed by atoms with E-state index in [1.54, 1.807) is 19.9 Å². The van der Waals surface area contributed by atoms with Crippen molar-refractivity contribution in [3.8, 4) is 21.9 Å². The molecule has 2 heterocycles. The molecule has 0 saturated heterocycles. The lowest BCUT2D eigenvalue weighted by Gasteiger charge is -2.22. The Labute approximate surface area is 149 Å². The number of amides is 1. The van der Waals surface area contributed by atoms with Gasteiger partial charge in [-0.15, -0.1) is 11.3 Å². The lowest BCUT2D eigenvalue weighted by Crippen LogP contribution is -2.50. The van der Waals surface area contributed by atoms with E-state index in [1.807, 2.05) is 24.3 Å². The van der Waals surface area contributed by atoms with Crippen LogP contribution in [0.4, 0.5) is 0 Å². The van der Waals surface area contributed by atoms with Gasteiger partial charge in [0.15, 0.2) is 11.5 Å². The summed E-state index contributed by atoms with van der Waals surface area (Å²) in [7, 11) is 1.29. The van der Waals surface area contributed by atoms with Gasteiger partial charge in [-0.2, -0.15) is 0 Å². The number of rotatable bonds is 4. The van der Waals surface area contributed by atoms with Gasteiger partial charge in [0.1, 0.15) is 18.8 Å². The minimum absolute atomic E-state index is 0.316. The van der Waals surface area contributed by atoms with Crippen molar-refractivity contribution in [3.63, 3.8) is 0 Å². The van der Waals surface area contributed by atoms with Crippen molar-refractivity contribution < 1.29 is 23.8 Å². The van der Waals surface area contributed by atoms with Crippen molar-refractivity contribution in [3.05, 3.63) is 35.2 Å². The lowest BCUT2D eigenvalue weighted by molar-refractivity contribution is -0.146. The van der Waals surface area contributed by atoms with E-state index in [9.17, 15) is 9.59 Å². The number of carbonyl (C=O) groups excluding carboxylic acids is 2. The second-order valence-corrected chi connectivity index (χ2v) is 7.18. The molecular weight excluding hydrogens is 342 g/mol. The molecule has 132 valence electrons. The number of ether oxygens (including phenoxy) is 3. The average molecular weight is 361 g/mol. The Morgan fingerprint density at radius 2 is 1.84 bits per heavy atom. The fourth-order valence-corrected chi connectivity index (χ4v) is 3.36. The molecule has 1 aromatic heterocycles. The van der Waals surface area contributed by atoms with Gasteiger partial charge >= 0.3 is 5.97 Å². The van der Waals surface area contributed by atoms with Crippen LogP contribution in [-0.4, -0.2) is 37.7 Å². The van der Waals surface area contributed by atoms with Crippen LogP contribution in [0.15, 0.2) is 30.3 Å².